The Balaban J connectivity index is 1.49. The summed E-state index contributed by atoms with van der Waals surface area (Å²) >= 11 is 0. The van der Waals surface area contributed by atoms with Crippen molar-refractivity contribution >= 4 is 29.8 Å². The summed E-state index contributed by atoms with van der Waals surface area (Å²) in [5.41, 5.74) is 2.39. The normalized spacial score (nSPS) is 11.9. The number of rotatable bonds is 16. The van der Waals surface area contributed by atoms with E-state index in [1.165, 1.54) is 0 Å². The molecule has 11 heteroatoms. The molecule has 0 aliphatic heterocycles. The molecule has 3 aromatic rings. The third-order valence-corrected chi connectivity index (χ3v) is 6.55. The van der Waals surface area contributed by atoms with E-state index in [0.29, 0.717) is 6.42 Å². The van der Waals surface area contributed by atoms with Gasteiger partial charge in [0.2, 0.25) is 11.8 Å². The standard InChI is InChI=1S/C34H40N4O7/c1-24(2)18-29(37-33(42)44-22-26-14-8-4-9-15-26)31(40)35-20-28(39)21-36-32(41)30(19-25-12-6-3-7-13-25)38-34(43)45-23-27-16-10-5-11-17-27/h3-17,24,29-30H,18-23H2,1-2H3,(H,35,40)(H,36,41)(H,37,42)(H,38,43)/t29-,30-/m0/s1. The van der Waals surface area contributed by atoms with Crippen LogP contribution in [0.15, 0.2) is 91.0 Å². The number of benzene rings is 3. The molecule has 4 N–H and O–H groups in total. The fraction of sp³-hybridized carbons (Fsp3) is 0.324. The predicted octanol–water partition coefficient (Wildman–Crippen LogP) is 3.67. The van der Waals surface area contributed by atoms with E-state index in [-0.39, 0.29) is 38.6 Å². The van der Waals surface area contributed by atoms with E-state index < -0.39 is 41.9 Å². The van der Waals surface area contributed by atoms with Crippen LogP contribution in [-0.4, -0.2) is 55.0 Å². The second kappa shape index (κ2) is 18.5. The first kappa shape index (κ1) is 34.3. The minimum absolute atomic E-state index is 0.0297. The number of amides is 4. The molecule has 3 rings (SSSR count). The van der Waals surface area contributed by atoms with E-state index in [0.717, 1.165) is 16.7 Å². The first-order valence-corrected chi connectivity index (χ1v) is 14.7. The molecule has 4 amide bonds. The van der Waals surface area contributed by atoms with Gasteiger partial charge < -0.3 is 30.7 Å². The zero-order valence-corrected chi connectivity index (χ0v) is 25.5. The molecule has 45 heavy (non-hydrogen) atoms. The van der Waals surface area contributed by atoms with Crippen LogP contribution in [0.25, 0.3) is 0 Å². The zero-order valence-electron chi connectivity index (χ0n) is 25.5. The van der Waals surface area contributed by atoms with Gasteiger partial charge in [0.25, 0.3) is 0 Å². The molecule has 0 bridgehead atoms. The lowest BCUT2D eigenvalue weighted by Gasteiger charge is -2.20. The van der Waals surface area contributed by atoms with Crippen molar-refractivity contribution in [1.82, 2.24) is 21.3 Å². The van der Waals surface area contributed by atoms with Crippen molar-refractivity contribution < 1.29 is 33.4 Å². The molecule has 3 aromatic carbocycles. The molecule has 0 aliphatic rings. The monoisotopic (exact) mass is 616 g/mol. The Morgan fingerprint density at radius 1 is 0.578 bits per heavy atom. The number of nitrogens with one attached hydrogen (secondary N) is 4. The van der Waals surface area contributed by atoms with Crippen molar-refractivity contribution in [2.24, 2.45) is 5.92 Å². The van der Waals surface area contributed by atoms with Crippen LogP contribution in [0.5, 0.6) is 0 Å². The second-order valence-electron chi connectivity index (χ2n) is 10.8. The molecule has 0 saturated carbocycles. The fourth-order valence-electron chi connectivity index (χ4n) is 4.26. The van der Waals surface area contributed by atoms with Gasteiger partial charge in [0.15, 0.2) is 5.78 Å². The van der Waals surface area contributed by atoms with Gasteiger partial charge in [0.05, 0.1) is 13.1 Å². The third-order valence-electron chi connectivity index (χ3n) is 6.55. The van der Waals surface area contributed by atoms with Gasteiger partial charge in [0, 0.05) is 6.42 Å². The smallest absolute Gasteiger partial charge is 0.408 e. The van der Waals surface area contributed by atoms with E-state index in [4.69, 9.17) is 9.47 Å². The van der Waals surface area contributed by atoms with Crippen molar-refractivity contribution in [3.05, 3.63) is 108 Å². The summed E-state index contributed by atoms with van der Waals surface area (Å²) < 4.78 is 10.5. The number of hydrogen-bond donors (Lipinski definition) is 4. The first-order valence-electron chi connectivity index (χ1n) is 14.7. The second-order valence-corrected chi connectivity index (χ2v) is 10.8. The molecule has 0 radical (unpaired) electrons. The van der Waals surface area contributed by atoms with Crippen LogP contribution in [0.3, 0.4) is 0 Å². The van der Waals surface area contributed by atoms with Gasteiger partial charge in [-0.25, -0.2) is 9.59 Å². The topological polar surface area (TPSA) is 152 Å². The summed E-state index contributed by atoms with van der Waals surface area (Å²) in [4.78, 5) is 63.3. The average Bonchev–Trinajstić information content (AvgIpc) is 3.04. The number of Topliss-reactive ketones (excluding diaryl/α,β-unsaturated/α-hetero) is 1. The van der Waals surface area contributed by atoms with Crippen LogP contribution in [0.1, 0.15) is 37.0 Å². The summed E-state index contributed by atoms with van der Waals surface area (Å²) in [6.07, 6.45) is -1.04. The van der Waals surface area contributed by atoms with Crippen molar-refractivity contribution in [3.8, 4) is 0 Å². The lowest BCUT2D eigenvalue weighted by Crippen LogP contribution is -2.51. The van der Waals surface area contributed by atoms with Crippen LogP contribution in [0, 0.1) is 5.92 Å². The SMILES string of the molecule is CC(C)C[C@H](NC(=O)OCc1ccccc1)C(=O)NCC(=O)CNC(=O)[C@H](Cc1ccccc1)NC(=O)OCc1ccccc1. The average molecular weight is 617 g/mol. The van der Waals surface area contributed by atoms with Gasteiger partial charge in [-0.1, -0.05) is 105 Å². The first-order chi connectivity index (χ1) is 21.7. The number of carbonyl (C=O) groups is 5. The molecule has 0 unspecified atom stereocenters. The Kier molecular flexibility index (Phi) is 14.1. The summed E-state index contributed by atoms with van der Waals surface area (Å²) in [6.45, 7) is 3.12. The maximum Gasteiger partial charge on any atom is 0.408 e. The molecule has 0 spiro atoms. The highest BCUT2D eigenvalue weighted by Crippen LogP contribution is 2.08. The van der Waals surface area contributed by atoms with Gasteiger partial charge in [-0.2, -0.15) is 0 Å². The van der Waals surface area contributed by atoms with Crippen molar-refractivity contribution in [1.29, 1.82) is 0 Å². The quantitative estimate of drug-likeness (QED) is 0.192. The maximum atomic E-state index is 13.0. The van der Waals surface area contributed by atoms with Gasteiger partial charge >= 0.3 is 12.2 Å². The molecule has 0 aliphatic carbocycles. The number of ketones is 1. The van der Waals surface area contributed by atoms with Gasteiger partial charge in [-0.3, -0.25) is 14.4 Å². The maximum absolute atomic E-state index is 13.0. The number of carbonyl (C=O) groups excluding carboxylic acids is 5. The zero-order chi connectivity index (χ0) is 32.4. The highest BCUT2D eigenvalue weighted by atomic mass is 16.6. The lowest BCUT2D eigenvalue weighted by molar-refractivity contribution is -0.128. The highest BCUT2D eigenvalue weighted by Gasteiger charge is 2.25. The molecule has 0 aromatic heterocycles. The molecule has 11 nitrogen and oxygen atoms in total. The van der Waals surface area contributed by atoms with Crippen molar-refractivity contribution in [3.63, 3.8) is 0 Å². The molecule has 2 atom stereocenters. The molecule has 0 fully saturated rings. The minimum atomic E-state index is -1.01. The number of ether oxygens (including phenoxy) is 2. The van der Waals surface area contributed by atoms with Crippen LogP contribution in [0.2, 0.25) is 0 Å². The van der Waals surface area contributed by atoms with Crippen molar-refractivity contribution in [2.45, 2.75) is 52.0 Å². The summed E-state index contributed by atoms with van der Waals surface area (Å²) in [6, 6.07) is 25.4. The Bertz CT molecular complexity index is 1390. The van der Waals surface area contributed by atoms with Gasteiger partial charge in [-0.15, -0.1) is 0 Å². The third kappa shape index (κ3) is 13.3. The van der Waals surface area contributed by atoms with E-state index >= 15 is 0 Å². The van der Waals surface area contributed by atoms with Gasteiger partial charge in [0.1, 0.15) is 25.3 Å². The van der Waals surface area contributed by atoms with E-state index in [1.54, 1.807) is 0 Å². The Hall–Kier alpha value is -5.19. The summed E-state index contributed by atoms with van der Waals surface area (Å²) in [5.74, 6) is -1.55. The fourth-order valence-corrected chi connectivity index (χ4v) is 4.26. The van der Waals surface area contributed by atoms with E-state index in [1.807, 2.05) is 105 Å². The van der Waals surface area contributed by atoms with Crippen LogP contribution in [0.4, 0.5) is 9.59 Å². The van der Waals surface area contributed by atoms with Crippen LogP contribution < -0.4 is 21.3 Å². The molecular formula is C34H40N4O7. The Morgan fingerprint density at radius 2 is 0.978 bits per heavy atom. The van der Waals surface area contributed by atoms with Gasteiger partial charge in [-0.05, 0) is 29.0 Å². The molecule has 238 valence electrons. The largest absolute Gasteiger partial charge is 0.445 e. The Labute approximate surface area is 263 Å². The molecular weight excluding hydrogens is 576 g/mol. The highest BCUT2D eigenvalue weighted by molar-refractivity contribution is 5.93. The predicted molar refractivity (Wildman–Crippen MR) is 168 cm³/mol. The summed E-state index contributed by atoms with van der Waals surface area (Å²) in [5, 5.41) is 10.2. The molecule has 0 saturated heterocycles. The minimum Gasteiger partial charge on any atom is -0.445 e. The number of alkyl carbamates (subject to hydrolysis) is 2. The Morgan fingerprint density at radius 3 is 1.42 bits per heavy atom. The van der Waals surface area contributed by atoms with E-state index in [9.17, 15) is 24.0 Å². The van der Waals surface area contributed by atoms with Crippen LogP contribution in [-0.2, 0) is 43.5 Å². The number of hydrogen-bond acceptors (Lipinski definition) is 7. The van der Waals surface area contributed by atoms with E-state index in [2.05, 4.69) is 21.3 Å². The molecule has 0 heterocycles. The van der Waals surface area contributed by atoms with Crippen molar-refractivity contribution in [2.75, 3.05) is 13.1 Å². The lowest BCUT2D eigenvalue weighted by atomic mass is 10.0. The van der Waals surface area contributed by atoms with Crippen LogP contribution >= 0.6 is 0 Å². The summed E-state index contributed by atoms with van der Waals surface area (Å²) in [7, 11) is 0.